The SMILES string of the molecule is Cc1cc(C)cc(NC(=O)C(OC(=O)c2ccccc2-c2nc3ccccc3s2)c2ccccc2)c1. The molecular formula is C30H24N2O3S. The number of para-hydroxylation sites is 1. The minimum Gasteiger partial charge on any atom is -0.444 e. The largest absolute Gasteiger partial charge is 0.444 e. The van der Waals surface area contributed by atoms with Crippen molar-refractivity contribution >= 4 is 39.1 Å². The molecule has 1 aromatic heterocycles. The number of aromatic nitrogens is 1. The number of esters is 1. The van der Waals surface area contributed by atoms with Crippen molar-refractivity contribution in [1.82, 2.24) is 4.98 Å². The maximum absolute atomic E-state index is 13.5. The fourth-order valence-corrected chi connectivity index (χ4v) is 5.17. The van der Waals surface area contributed by atoms with E-state index in [1.54, 1.807) is 24.3 Å². The van der Waals surface area contributed by atoms with Gasteiger partial charge in [0.05, 0.1) is 15.8 Å². The molecule has 0 fully saturated rings. The van der Waals surface area contributed by atoms with Crippen LogP contribution in [0.5, 0.6) is 0 Å². The molecule has 1 N–H and O–H groups in total. The first-order chi connectivity index (χ1) is 17.5. The van der Waals surface area contributed by atoms with Crippen LogP contribution in [-0.2, 0) is 9.53 Å². The Hall–Kier alpha value is -4.29. The van der Waals surface area contributed by atoms with Crippen molar-refractivity contribution in [2.75, 3.05) is 5.32 Å². The molecule has 0 saturated carbocycles. The van der Waals surface area contributed by atoms with Crippen molar-refractivity contribution < 1.29 is 14.3 Å². The van der Waals surface area contributed by atoms with Crippen molar-refractivity contribution in [3.05, 3.63) is 119 Å². The molecule has 1 atom stereocenters. The molecule has 1 unspecified atom stereocenters. The number of amides is 1. The van der Waals surface area contributed by atoms with Crippen LogP contribution in [0.15, 0.2) is 97.1 Å². The van der Waals surface area contributed by atoms with E-state index >= 15 is 0 Å². The van der Waals surface area contributed by atoms with Gasteiger partial charge in [-0.1, -0.05) is 66.7 Å². The van der Waals surface area contributed by atoms with Gasteiger partial charge in [-0.2, -0.15) is 0 Å². The van der Waals surface area contributed by atoms with Crippen molar-refractivity contribution in [1.29, 1.82) is 0 Å². The van der Waals surface area contributed by atoms with Gasteiger partial charge >= 0.3 is 5.97 Å². The van der Waals surface area contributed by atoms with Gasteiger partial charge in [-0.25, -0.2) is 9.78 Å². The van der Waals surface area contributed by atoms with E-state index in [9.17, 15) is 9.59 Å². The van der Waals surface area contributed by atoms with E-state index in [1.807, 2.05) is 86.6 Å². The maximum atomic E-state index is 13.5. The number of rotatable bonds is 6. The van der Waals surface area contributed by atoms with Crippen LogP contribution in [0, 0.1) is 13.8 Å². The standard InChI is InChI=1S/C30H24N2O3S/c1-19-16-20(2)18-22(17-19)31-28(33)27(21-10-4-3-5-11-21)35-30(34)24-13-7-6-12-23(24)29-32-25-14-8-9-15-26(25)36-29/h3-18,27H,1-2H3,(H,31,33). The molecule has 6 heteroatoms. The second-order valence-corrected chi connectivity index (χ2v) is 9.62. The van der Waals surface area contributed by atoms with Crippen molar-refractivity contribution in [3.8, 4) is 10.6 Å². The third-order valence-corrected chi connectivity index (χ3v) is 6.80. The van der Waals surface area contributed by atoms with E-state index in [0.717, 1.165) is 26.4 Å². The number of benzene rings is 4. The molecule has 36 heavy (non-hydrogen) atoms. The Balaban J connectivity index is 1.46. The second-order valence-electron chi connectivity index (χ2n) is 8.59. The number of thiazole rings is 1. The zero-order valence-corrected chi connectivity index (χ0v) is 20.7. The van der Waals surface area contributed by atoms with Crippen LogP contribution in [0.2, 0.25) is 0 Å². The van der Waals surface area contributed by atoms with Gasteiger partial charge in [-0.05, 0) is 55.3 Å². The molecular weight excluding hydrogens is 468 g/mol. The summed E-state index contributed by atoms with van der Waals surface area (Å²) >= 11 is 1.51. The van der Waals surface area contributed by atoms with E-state index in [-0.39, 0.29) is 0 Å². The van der Waals surface area contributed by atoms with Gasteiger partial charge in [0.2, 0.25) is 6.10 Å². The number of carbonyl (C=O) groups is 2. The highest BCUT2D eigenvalue weighted by molar-refractivity contribution is 7.21. The lowest BCUT2D eigenvalue weighted by molar-refractivity contribution is -0.125. The molecule has 5 rings (SSSR count). The molecule has 178 valence electrons. The monoisotopic (exact) mass is 492 g/mol. The number of hydrogen-bond acceptors (Lipinski definition) is 5. The first-order valence-corrected chi connectivity index (χ1v) is 12.4. The number of carbonyl (C=O) groups excluding carboxylic acids is 2. The minimum atomic E-state index is -1.12. The summed E-state index contributed by atoms with van der Waals surface area (Å²) in [6.45, 7) is 3.94. The molecule has 0 saturated heterocycles. The number of nitrogens with zero attached hydrogens (tertiary/aromatic N) is 1. The number of aryl methyl sites for hydroxylation is 2. The number of anilines is 1. The average molecular weight is 493 g/mol. The van der Waals surface area contributed by atoms with Crippen molar-refractivity contribution in [2.24, 2.45) is 0 Å². The normalized spacial score (nSPS) is 11.7. The molecule has 0 radical (unpaired) electrons. The second kappa shape index (κ2) is 10.1. The Morgan fingerprint density at radius 2 is 1.50 bits per heavy atom. The van der Waals surface area contributed by atoms with E-state index < -0.39 is 18.0 Å². The first kappa shape index (κ1) is 23.5. The zero-order valence-electron chi connectivity index (χ0n) is 19.9. The summed E-state index contributed by atoms with van der Waals surface area (Å²) in [5.74, 6) is -1.01. The highest BCUT2D eigenvalue weighted by atomic mass is 32.1. The summed E-state index contributed by atoms with van der Waals surface area (Å²) in [5.41, 5.74) is 5.21. The Morgan fingerprint density at radius 3 is 2.25 bits per heavy atom. The molecule has 5 aromatic rings. The highest BCUT2D eigenvalue weighted by Gasteiger charge is 2.27. The van der Waals surface area contributed by atoms with Gasteiger partial charge in [0.15, 0.2) is 0 Å². The number of hydrogen-bond donors (Lipinski definition) is 1. The van der Waals surface area contributed by atoms with Crippen LogP contribution in [-0.4, -0.2) is 16.9 Å². The van der Waals surface area contributed by atoms with Gasteiger partial charge in [-0.3, -0.25) is 4.79 Å². The smallest absolute Gasteiger partial charge is 0.339 e. The zero-order chi connectivity index (χ0) is 25.1. The van der Waals surface area contributed by atoms with Crippen LogP contribution < -0.4 is 5.32 Å². The summed E-state index contributed by atoms with van der Waals surface area (Å²) in [5, 5.41) is 3.64. The predicted molar refractivity (Wildman–Crippen MR) is 144 cm³/mol. The summed E-state index contributed by atoms with van der Waals surface area (Å²) in [7, 11) is 0. The fraction of sp³-hybridized carbons (Fsp3) is 0.100. The van der Waals surface area contributed by atoms with Crippen LogP contribution >= 0.6 is 11.3 Å². The van der Waals surface area contributed by atoms with Gasteiger partial charge in [0.1, 0.15) is 5.01 Å². The summed E-state index contributed by atoms with van der Waals surface area (Å²) < 4.78 is 6.91. The van der Waals surface area contributed by atoms with Gasteiger partial charge in [0, 0.05) is 16.8 Å². The molecule has 0 aliphatic rings. The maximum Gasteiger partial charge on any atom is 0.339 e. The Labute approximate surface area is 213 Å². The van der Waals surface area contributed by atoms with E-state index in [2.05, 4.69) is 5.32 Å². The van der Waals surface area contributed by atoms with Gasteiger partial charge in [-0.15, -0.1) is 11.3 Å². The van der Waals surface area contributed by atoms with Crippen LogP contribution in [0.1, 0.15) is 33.2 Å². The highest BCUT2D eigenvalue weighted by Crippen LogP contribution is 2.33. The molecule has 1 amide bonds. The lowest BCUT2D eigenvalue weighted by Gasteiger charge is -2.19. The summed E-state index contributed by atoms with van der Waals surface area (Å²) in [6, 6.07) is 29.9. The molecule has 0 aliphatic heterocycles. The molecule has 4 aromatic carbocycles. The Kier molecular flexibility index (Phi) is 6.60. The van der Waals surface area contributed by atoms with Crippen LogP contribution in [0.3, 0.4) is 0 Å². The average Bonchev–Trinajstić information content (AvgIpc) is 3.31. The molecule has 0 spiro atoms. The van der Waals surface area contributed by atoms with E-state index in [4.69, 9.17) is 9.72 Å². The number of nitrogens with one attached hydrogen (secondary N) is 1. The molecule has 0 bridgehead atoms. The van der Waals surface area contributed by atoms with Crippen molar-refractivity contribution in [2.45, 2.75) is 20.0 Å². The minimum absolute atomic E-state index is 0.358. The van der Waals surface area contributed by atoms with Crippen LogP contribution in [0.4, 0.5) is 5.69 Å². The van der Waals surface area contributed by atoms with E-state index in [0.29, 0.717) is 22.4 Å². The number of ether oxygens (including phenoxy) is 1. The number of fused-ring (bicyclic) bond motifs is 1. The summed E-state index contributed by atoms with van der Waals surface area (Å²) in [4.78, 5) is 31.6. The lowest BCUT2D eigenvalue weighted by Crippen LogP contribution is -2.26. The molecule has 1 heterocycles. The molecule has 5 nitrogen and oxygen atoms in total. The van der Waals surface area contributed by atoms with Gasteiger partial charge in [0.25, 0.3) is 5.91 Å². The Bertz CT molecular complexity index is 1510. The summed E-state index contributed by atoms with van der Waals surface area (Å²) in [6.07, 6.45) is -1.12. The topological polar surface area (TPSA) is 68.3 Å². The predicted octanol–water partition coefficient (Wildman–Crippen LogP) is 7.12. The third kappa shape index (κ3) is 5.04. The third-order valence-electron chi connectivity index (χ3n) is 5.73. The molecule has 0 aliphatic carbocycles. The van der Waals surface area contributed by atoms with Crippen LogP contribution in [0.25, 0.3) is 20.8 Å². The van der Waals surface area contributed by atoms with E-state index in [1.165, 1.54) is 11.3 Å². The Morgan fingerprint density at radius 1 is 0.833 bits per heavy atom. The quantitative estimate of drug-likeness (QED) is 0.256. The van der Waals surface area contributed by atoms with Gasteiger partial charge < -0.3 is 10.1 Å². The first-order valence-electron chi connectivity index (χ1n) is 11.6. The fourth-order valence-electron chi connectivity index (χ4n) is 4.16. The van der Waals surface area contributed by atoms with Crippen molar-refractivity contribution in [3.63, 3.8) is 0 Å². The lowest BCUT2D eigenvalue weighted by atomic mass is 10.1.